The number of nitrogens with zero attached hydrogens (tertiary/aromatic N) is 1. The van der Waals surface area contributed by atoms with Gasteiger partial charge in [-0.3, -0.25) is 9.69 Å². The van der Waals surface area contributed by atoms with E-state index in [9.17, 15) is 9.59 Å². The Labute approximate surface area is 127 Å². The second kappa shape index (κ2) is 4.89. The molecule has 2 aliphatic rings. The molecule has 120 valence electrons. The van der Waals surface area contributed by atoms with Crippen molar-refractivity contribution in [3.8, 4) is 0 Å². The number of nitrogens with one attached hydrogen (secondary N) is 1. The monoisotopic (exact) mass is 296 g/mol. The molecule has 0 aromatic carbocycles. The van der Waals surface area contributed by atoms with E-state index in [0.717, 1.165) is 0 Å². The van der Waals surface area contributed by atoms with Crippen molar-refractivity contribution in [2.75, 3.05) is 6.54 Å². The highest BCUT2D eigenvalue weighted by Crippen LogP contribution is 2.64. The quantitative estimate of drug-likeness (QED) is 0.851. The van der Waals surface area contributed by atoms with E-state index in [1.807, 2.05) is 34.6 Å². The van der Waals surface area contributed by atoms with Crippen molar-refractivity contribution in [3.63, 3.8) is 0 Å². The Hall–Kier alpha value is -1.26. The van der Waals surface area contributed by atoms with Gasteiger partial charge in [0.15, 0.2) is 0 Å². The van der Waals surface area contributed by atoms with Crippen LogP contribution >= 0.6 is 0 Å². The molecule has 2 amide bonds. The predicted molar refractivity (Wildman–Crippen MR) is 80.8 cm³/mol. The molecular formula is C16H28N2O3. The summed E-state index contributed by atoms with van der Waals surface area (Å²) < 4.78 is 5.45. The number of hydrogen-bond acceptors (Lipinski definition) is 3. The molecule has 1 saturated heterocycles. The van der Waals surface area contributed by atoms with Gasteiger partial charge in [0.25, 0.3) is 0 Å². The van der Waals surface area contributed by atoms with Crippen molar-refractivity contribution in [2.45, 2.75) is 66.2 Å². The minimum absolute atomic E-state index is 0.0612. The number of amides is 2. The number of carbonyl (C=O) groups is 2. The van der Waals surface area contributed by atoms with E-state index in [0.29, 0.717) is 12.5 Å². The van der Waals surface area contributed by atoms with Gasteiger partial charge in [0, 0.05) is 12.6 Å². The molecule has 1 aliphatic carbocycles. The van der Waals surface area contributed by atoms with Crippen LogP contribution in [0.2, 0.25) is 0 Å². The number of likely N-dealkylation sites (tertiary alicyclic amines) is 1. The molecule has 5 nitrogen and oxygen atoms in total. The van der Waals surface area contributed by atoms with Crippen LogP contribution in [0.15, 0.2) is 0 Å². The Morgan fingerprint density at radius 2 is 1.86 bits per heavy atom. The average molecular weight is 296 g/mol. The van der Waals surface area contributed by atoms with E-state index in [2.05, 4.69) is 19.2 Å². The summed E-state index contributed by atoms with van der Waals surface area (Å²) >= 11 is 0. The molecule has 0 bridgehead atoms. The first-order valence-corrected chi connectivity index (χ1v) is 7.75. The van der Waals surface area contributed by atoms with Crippen molar-refractivity contribution in [2.24, 2.45) is 17.3 Å². The first-order valence-electron chi connectivity index (χ1n) is 7.75. The molecule has 1 N–H and O–H groups in total. The highest BCUT2D eigenvalue weighted by molar-refractivity contribution is 5.88. The normalized spacial score (nSPS) is 30.1. The van der Waals surface area contributed by atoms with Crippen LogP contribution in [0.25, 0.3) is 0 Å². The minimum Gasteiger partial charge on any atom is -0.444 e. The molecule has 2 fully saturated rings. The summed E-state index contributed by atoms with van der Waals surface area (Å²) in [7, 11) is 0. The average Bonchev–Trinajstić information content (AvgIpc) is 2.69. The maximum atomic E-state index is 12.5. The fourth-order valence-corrected chi connectivity index (χ4v) is 3.46. The van der Waals surface area contributed by atoms with Gasteiger partial charge in [-0.1, -0.05) is 13.8 Å². The molecule has 0 aromatic rings. The lowest BCUT2D eigenvalue weighted by Crippen LogP contribution is -2.52. The van der Waals surface area contributed by atoms with Gasteiger partial charge in [0.2, 0.25) is 5.91 Å². The van der Waals surface area contributed by atoms with Crippen LogP contribution in [0.1, 0.15) is 48.5 Å². The van der Waals surface area contributed by atoms with Crippen molar-refractivity contribution in [1.82, 2.24) is 10.2 Å². The molecule has 1 saturated carbocycles. The summed E-state index contributed by atoms with van der Waals surface area (Å²) in [5, 5.41) is 2.94. The summed E-state index contributed by atoms with van der Waals surface area (Å²) in [6.07, 6.45) is -0.380. The van der Waals surface area contributed by atoms with Gasteiger partial charge in [-0.05, 0) is 51.9 Å². The summed E-state index contributed by atoms with van der Waals surface area (Å²) in [5.74, 6) is 0.575. The summed E-state index contributed by atoms with van der Waals surface area (Å²) in [5.41, 5.74) is -0.407. The zero-order valence-corrected chi connectivity index (χ0v) is 14.2. The lowest BCUT2D eigenvalue weighted by Gasteiger charge is -2.32. The molecule has 3 unspecified atom stereocenters. The molecule has 0 aromatic heterocycles. The molecular weight excluding hydrogens is 268 g/mol. The van der Waals surface area contributed by atoms with Gasteiger partial charge in [-0.15, -0.1) is 0 Å². The zero-order chi connectivity index (χ0) is 16.2. The molecule has 5 heteroatoms. The van der Waals surface area contributed by atoms with Crippen molar-refractivity contribution < 1.29 is 14.3 Å². The Kier molecular flexibility index (Phi) is 3.75. The highest BCUT2D eigenvalue weighted by Gasteiger charge is 2.69. The van der Waals surface area contributed by atoms with E-state index in [1.54, 1.807) is 4.90 Å². The smallest absolute Gasteiger partial charge is 0.410 e. The first-order chi connectivity index (χ1) is 9.45. The Balaban J connectivity index is 2.15. The fraction of sp³-hybridized carbons (Fsp3) is 0.875. The molecule has 1 aliphatic heterocycles. The van der Waals surface area contributed by atoms with Crippen LogP contribution < -0.4 is 5.32 Å². The SMILES string of the molecule is CC(C)NC(=O)C1C2C(CN1C(=O)OC(C)(C)C)C2(C)C. The van der Waals surface area contributed by atoms with Crippen molar-refractivity contribution in [1.29, 1.82) is 0 Å². The summed E-state index contributed by atoms with van der Waals surface area (Å²) in [6.45, 7) is 14.3. The minimum atomic E-state index is -0.543. The van der Waals surface area contributed by atoms with Crippen LogP contribution in [0, 0.1) is 17.3 Å². The van der Waals surface area contributed by atoms with Gasteiger partial charge in [0.05, 0.1) is 0 Å². The highest BCUT2D eigenvalue weighted by atomic mass is 16.6. The van der Waals surface area contributed by atoms with Crippen LogP contribution in [0.3, 0.4) is 0 Å². The number of hydrogen-bond donors (Lipinski definition) is 1. The number of carbonyl (C=O) groups excluding carboxylic acids is 2. The van der Waals surface area contributed by atoms with Crippen LogP contribution in [-0.4, -0.2) is 41.1 Å². The van der Waals surface area contributed by atoms with Crippen LogP contribution in [0.5, 0.6) is 0 Å². The maximum absolute atomic E-state index is 12.5. The van der Waals surface area contributed by atoms with E-state index in [4.69, 9.17) is 4.74 Å². The molecule has 21 heavy (non-hydrogen) atoms. The number of rotatable bonds is 2. The van der Waals surface area contributed by atoms with Gasteiger partial charge >= 0.3 is 6.09 Å². The van der Waals surface area contributed by atoms with Crippen LogP contribution in [-0.2, 0) is 9.53 Å². The summed E-state index contributed by atoms with van der Waals surface area (Å²) in [6, 6.07) is -0.332. The lowest BCUT2D eigenvalue weighted by atomic mass is 10.0. The van der Waals surface area contributed by atoms with E-state index < -0.39 is 11.6 Å². The topological polar surface area (TPSA) is 58.6 Å². The fourth-order valence-electron chi connectivity index (χ4n) is 3.46. The number of fused-ring (bicyclic) bond motifs is 1. The summed E-state index contributed by atoms with van der Waals surface area (Å²) in [4.78, 5) is 26.5. The molecule has 1 heterocycles. The Morgan fingerprint density at radius 1 is 1.29 bits per heavy atom. The van der Waals surface area contributed by atoms with Gasteiger partial charge in [0.1, 0.15) is 11.6 Å². The third kappa shape index (κ3) is 3.01. The van der Waals surface area contributed by atoms with Crippen LogP contribution in [0.4, 0.5) is 4.79 Å². The predicted octanol–water partition coefficient (Wildman–Crippen LogP) is 2.40. The van der Waals surface area contributed by atoms with Crippen molar-refractivity contribution in [3.05, 3.63) is 0 Å². The third-order valence-corrected chi connectivity index (χ3v) is 4.54. The molecule has 3 atom stereocenters. The van der Waals surface area contributed by atoms with Gasteiger partial charge in [-0.2, -0.15) is 0 Å². The van der Waals surface area contributed by atoms with E-state index in [1.165, 1.54) is 0 Å². The second-order valence-electron chi connectivity index (χ2n) is 8.19. The number of ether oxygens (including phenoxy) is 1. The third-order valence-electron chi connectivity index (χ3n) is 4.54. The molecule has 0 radical (unpaired) electrons. The second-order valence-corrected chi connectivity index (χ2v) is 8.19. The lowest BCUT2D eigenvalue weighted by molar-refractivity contribution is -0.127. The Bertz CT molecular complexity index is 451. The van der Waals surface area contributed by atoms with Gasteiger partial charge in [-0.25, -0.2) is 4.79 Å². The molecule has 0 spiro atoms. The maximum Gasteiger partial charge on any atom is 0.410 e. The standard InChI is InChI=1S/C16H28N2O3/c1-9(2)17-13(19)12-11-10(16(11,6)7)8-18(12)14(20)21-15(3,4)5/h9-12H,8H2,1-7H3,(H,17,19). The largest absolute Gasteiger partial charge is 0.444 e. The number of piperidine rings is 1. The van der Waals surface area contributed by atoms with E-state index in [-0.39, 0.29) is 29.4 Å². The Morgan fingerprint density at radius 3 is 2.33 bits per heavy atom. The van der Waals surface area contributed by atoms with E-state index >= 15 is 0 Å². The first kappa shape index (κ1) is 16.1. The van der Waals surface area contributed by atoms with Gasteiger partial charge < -0.3 is 10.1 Å². The van der Waals surface area contributed by atoms with Crippen molar-refractivity contribution >= 4 is 12.0 Å². The molecule has 2 rings (SSSR count). The zero-order valence-electron chi connectivity index (χ0n) is 14.2.